The van der Waals surface area contributed by atoms with Crippen molar-refractivity contribution in [2.45, 2.75) is 6.42 Å². The summed E-state index contributed by atoms with van der Waals surface area (Å²) in [7, 11) is 0. The summed E-state index contributed by atoms with van der Waals surface area (Å²) in [5, 5.41) is 2.61. The molecule has 0 spiro atoms. The summed E-state index contributed by atoms with van der Waals surface area (Å²) in [6.45, 7) is 0. The number of allylic oxidation sites excluding steroid dienone is 4. The van der Waals surface area contributed by atoms with Gasteiger partial charge in [0.1, 0.15) is 0 Å². The summed E-state index contributed by atoms with van der Waals surface area (Å²) >= 11 is 0. The molecule has 4 aromatic rings. The highest BCUT2D eigenvalue weighted by molar-refractivity contribution is 6.09. The van der Waals surface area contributed by atoms with E-state index in [0.717, 1.165) is 6.42 Å². The average Bonchev–Trinajstić information content (AvgIpc) is 3.28. The first-order valence-corrected chi connectivity index (χ1v) is 8.36. The van der Waals surface area contributed by atoms with Crippen LogP contribution >= 0.6 is 0 Å². The van der Waals surface area contributed by atoms with Crippen molar-refractivity contribution < 1.29 is 0 Å². The highest BCUT2D eigenvalue weighted by Gasteiger charge is 2.11. The van der Waals surface area contributed by atoms with E-state index in [-0.39, 0.29) is 0 Å². The van der Waals surface area contributed by atoms with Crippen molar-refractivity contribution in [2.75, 3.05) is 0 Å². The Labute approximate surface area is 141 Å². The van der Waals surface area contributed by atoms with Gasteiger partial charge < -0.3 is 4.57 Å². The Morgan fingerprint density at radius 1 is 0.667 bits per heavy atom. The highest BCUT2D eigenvalue weighted by atomic mass is 15.0. The Kier molecular flexibility index (Phi) is 2.92. The van der Waals surface area contributed by atoms with E-state index in [9.17, 15) is 0 Å². The largest absolute Gasteiger partial charge is 0.309 e. The molecule has 0 bridgehead atoms. The molecule has 0 atom stereocenters. The van der Waals surface area contributed by atoms with Crippen LogP contribution in [0.4, 0.5) is 0 Å². The second-order valence-electron chi connectivity index (χ2n) is 6.24. The van der Waals surface area contributed by atoms with Gasteiger partial charge >= 0.3 is 0 Å². The van der Waals surface area contributed by atoms with E-state index in [0.29, 0.717) is 0 Å². The zero-order valence-corrected chi connectivity index (χ0v) is 13.3. The van der Waals surface area contributed by atoms with Crippen LogP contribution in [0.1, 0.15) is 12.0 Å². The van der Waals surface area contributed by atoms with Crippen molar-refractivity contribution in [3.8, 4) is 5.69 Å². The fourth-order valence-corrected chi connectivity index (χ4v) is 3.69. The normalized spacial score (nSPS) is 13.8. The molecule has 1 aliphatic carbocycles. The van der Waals surface area contributed by atoms with Gasteiger partial charge in [0.05, 0.1) is 11.0 Å². The zero-order chi connectivity index (χ0) is 15.9. The molecule has 0 fully saturated rings. The molecule has 1 aliphatic rings. The standard InChI is InChI=1S/C23H17N/c1-2-8-17(7-1)18-13-15-19(16-14-18)24-22-11-5-3-9-20(22)21-10-4-6-12-23(21)24/h1-7,9-16H,8H2. The first-order chi connectivity index (χ1) is 11.9. The third kappa shape index (κ3) is 1.95. The Hall–Kier alpha value is -3.06. The number of benzene rings is 3. The van der Waals surface area contributed by atoms with Gasteiger partial charge in [0.2, 0.25) is 0 Å². The number of para-hydroxylation sites is 2. The van der Waals surface area contributed by atoms with E-state index in [1.807, 2.05) is 0 Å². The van der Waals surface area contributed by atoms with Crippen LogP contribution in [0.3, 0.4) is 0 Å². The number of fused-ring (bicyclic) bond motifs is 3. The Morgan fingerprint density at radius 2 is 1.29 bits per heavy atom. The van der Waals surface area contributed by atoms with Crippen molar-refractivity contribution in [3.63, 3.8) is 0 Å². The lowest BCUT2D eigenvalue weighted by Crippen LogP contribution is -1.94. The van der Waals surface area contributed by atoms with Gasteiger partial charge in [0.15, 0.2) is 0 Å². The number of aromatic nitrogens is 1. The molecular weight excluding hydrogens is 290 g/mol. The first-order valence-electron chi connectivity index (χ1n) is 8.36. The average molecular weight is 307 g/mol. The summed E-state index contributed by atoms with van der Waals surface area (Å²) in [5.41, 5.74) is 6.43. The molecule has 0 saturated carbocycles. The number of nitrogens with zero attached hydrogens (tertiary/aromatic N) is 1. The summed E-state index contributed by atoms with van der Waals surface area (Å²) in [6, 6.07) is 26.2. The number of hydrogen-bond donors (Lipinski definition) is 0. The van der Waals surface area contributed by atoms with Crippen LogP contribution < -0.4 is 0 Å². The third-order valence-electron chi connectivity index (χ3n) is 4.85. The van der Waals surface area contributed by atoms with E-state index < -0.39 is 0 Å². The van der Waals surface area contributed by atoms with Gasteiger partial charge in [-0.15, -0.1) is 0 Å². The molecule has 0 unspecified atom stereocenters. The Morgan fingerprint density at radius 3 is 1.88 bits per heavy atom. The maximum atomic E-state index is 2.36. The molecule has 0 N–H and O–H groups in total. The molecule has 1 aromatic heterocycles. The second kappa shape index (κ2) is 5.24. The first kappa shape index (κ1) is 13.4. The van der Waals surface area contributed by atoms with E-state index in [2.05, 4.69) is 95.6 Å². The lowest BCUT2D eigenvalue weighted by molar-refractivity contribution is 1.18. The van der Waals surface area contributed by atoms with Crippen molar-refractivity contribution >= 4 is 27.4 Å². The summed E-state index contributed by atoms with van der Waals surface area (Å²) in [4.78, 5) is 0. The van der Waals surface area contributed by atoms with Crippen LogP contribution in [0.5, 0.6) is 0 Å². The Bertz CT molecular complexity index is 1050. The van der Waals surface area contributed by atoms with E-state index in [1.165, 1.54) is 38.6 Å². The minimum absolute atomic E-state index is 1.04. The SMILES string of the molecule is C1=CCC(c2ccc(-n3c4ccccc4c4ccccc43)cc2)=C1. The van der Waals surface area contributed by atoms with Crippen molar-refractivity contribution in [2.24, 2.45) is 0 Å². The monoisotopic (exact) mass is 307 g/mol. The molecule has 5 rings (SSSR count). The van der Waals surface area contributed by atoms with Gasteiger partial charge in [-0.3, -0.25) is 0 Å². The fourth-order valence-electron chi connectivity index (χ4n) is 3.69. The summed E-state index contributed by atoms with van der Waals surface area (Å²) in [5.74, 6) is 0. The third-order valence-corrected chi connectivity index (χ3v) is 4.85. The van der Waals surface area contributed by atoms with Crippen LogP contribution in [-0.2, 0) is 0 Å². The molecule has 1 nitrogen and oxygen atoms in total. The van der Waals surface area contributed by atoms with E-state index >= 15 is 0 Å². The molecule has 3 aromatic carbocycles. The van der Waals surface area contributed by atoms with Crippen LogP contribution in [0.25, 0.3) is 33.1 Å². The molecule has 0 amide bonds. The minimum Gasteiger partial charge on any atom is -0.309 e. The molecule has 24 heavy (non-hydrogen) atoms. The Balaban J connectivity index is 1.73. The maximum absolute atomic E-state index is 2.36. The van der Waals surface area contributed by atoms with Gasteiger partial charge in [0, 0.05) is 16.5 Å². The smallest absolute Gasteiger partial charge is 0.0541 e. The fraction of sp³-hybridized carbons (Fsp3) is 0.0435. The van der Waals surface area contributed by atoms with Crippen molar-refractivity contribution in [1.82, 2.24) is 4.57 Å². The van der Waals surface area contributed by atoms with Crippen LogP contribution in [0.15, 0.2) is 91.0 Å². The summed E-state index contributed by atoms with van der Waals surface area (Å²) < 4.78 is 2.36. The van der Waals surface area contributed by atoms with Crippen LogP contribution in [0.2, 0.25) is 0 Å². The maximum Gasteiger partial charge on any atom is 0.0541 e. The zero-order valence-electron chi connectivity index (χ0n) is 13.3. The molecule has 1 heterocycles. The topological polar surface area (TPSA) is 4.93 Å². The predicted molar refractivity (Wildman–Crippen MR) is 103 cm³/mol. The number of rotatable bonds is 2. The summed E-state index contributed by atoms with van der Waals surface area (Å²) in [6.07, 6.45) is 7.58. The van der Waals surface area contributed by atoms with Gasteiger partial charge in [-0.05, 0) is 41.8 Å². The van der Waals surface area contributed by atoms with Crippen molar-refractivity contribution in [3.05, 3.63) is 96.6 Å². The lowest BCUT2D eigenvalue weighted by atomic mass is 10.1. The minimum atomic E-state index is 1.04. The van der Waals surface area contributed by atoms with Gasteiger partial charge in [-0.1, -0.05) is 66.8 Å². The molecule has 0 radical (unpaired) electrons. The van der Waals surface area contributed by atoms with Crippen LogP contribution in [-0.4, -0.2) is 4.57 Å². The predicted octanol–water partition coefficient (Wildman–Crippen LogP) is 6.13. The molecule has 1 heteroatoms. The van der Waals surface area contributed by atoms with Gasteiger partial charge in [-0.2, -0.15) is 0 Å². The van der Waals surface area contributed by atoms with Crippen LogP contribution in [0, 0.1) is 0 Å². The lowest BCUT2D eigenvalue weighted by Gasteiger charge is -2.09. The quantitative estimate of drug-likeness (QED) is 0.420. The van der Waals surface area contributed by atoms with E-state index in [4.69, 9.17) is 0 Å². The molecule has 0 saturated heterocycles. The van der Waals surface area contributed by atoms with Crippen molar-refractivity contribution in [1.29, 1.82) is 0 Å². The van der Waals surface area contributed by atoms with E-state index in [1.54, 1.807) is 0 Å². The second-order valence-corrected chi connectivity index (χ2v) is 6.24. The van der Waals surface area contributed by atoms with Gasteiger partial charge in [0.25, 0.3) is 0 Å². The molecule has 0 aliphatic heterocycles. The highest BCUT2D eigenvalue weighted by Crippen LogP contribution is 2.32. The molecule has 114 valence electrons. The molecular formula is C23H17N. The van der Waals surface area contributed by atoms with Gasteiger partial charge in [-0.25, -0.2) is 0 Å². The number of hydrogen-bond acceptors (Lipinski definition) is 0.